The quantitative estimate of drug-likeness (QED) is 0.243. The van der Waals surface area contributed by atoms with Crippen LogP contribution in [-0.2, 0) is 16.2 Å². The van der Waals surface area contributed by atoms with Gasteiger partial charge in [-0.15, -0.1) is 0 Å². The van der Waals surface area contributed by atoms with Crippen molar-refractivity contribution in [3.63, 3.8) is 0 Å². The first-order valence-electron chi connectivity index (χ1n) is 11.7. The number of likely N-dealkylation sites (tertiary alicyclic amines) is 1. The summed E-state index contributed by atoms with van der Waals surface area (Å²) in [7, 11) is 1.53. The van der Waals surface area contributed by atoms with Gasteiger partial charge in [0.15, 0.2) is 11.5 Å². The van der Waals surface area contributed by atoms with Crippen molar-refractivity contribution in [2.45, 2.75) is 32.3 Å². The number of carbonyl (C=O) groups is 3. The van der Waals surface area contributed by atoms with Gasteiger partial charge in [-0.2, -0.15) is 0 Å². The zero-order valence-electron chi connectivity index (χ0n) is 20.1. The second kappa shape index (κ2) is 12.7. The number of halogens is 3. The normalized spacial score (nSPS) is 17.4. The first kappa shape index (κ1) is 28.1. The minimum Gasteiger partial charge on any atom is -0.493 e. The minimum atomic E-state index is -0.468. The molecule has 0 aromatic heterocycles. The molecule has 0 bridgehead atoms. The number of amides is 3. The van der Waals surface area contributed by atoms with Gasteiger partial charge in [0, 0.05) is 28.7 Å². The Kier molecular flexibility index (Phi) is 9.66. The molecule has 0 spiro atoms. The van der Waals surface area contributed by atoms with E-state index in [-0.39, 0.29) is 24.0 Å². The molecule has 2 saturated heterocycles. The summed E-state index contributed by atoms with van der Waals surface area (Å²) in [5.74, 6) is 0.343. The third kappa shape index (κ3) is 6.93. The predicted octanol–water partition coefficient (Wildman–Crippen LogP) is 6.62. The summed E-state index contributed by atoms with van der Waals surface area (Å²) in [5.41, 5.74) is 1.44. The Balaban J connectivity index is 1.48. The summed E-state index contributed by atoms with van der Waals surface area (Å²) in [6.07, 6.45) is 5.71. The Morgan fingerprint density at radius 1 is 1.11 bits per heavy atom. The van der Waals surface area contributed by atoms with Gasteiger partial charge in [0.2, 0.25) is 5.91 Å². The first-order chi connectivity index (χ1) is 17.8. The van der Waals surface area contributed by atoms with Crippen LogP contribution in [0, 0.1) is 3.57 Å². The third-order valence-electron chi connectivity index (χ3n) is 6.06. The number of rotatable bonds is 7. The second-order valence-electron chi connectivity index (χ2n) is 8.62. The Labute approximate surface area is 243 Å². The number of benzene rings is 2. The van der Waals surface area contributed by atoms with E-state index in [4.69, 9.17) is 32.7 Å². The molecule has 0 saturated carbocycles. The first-order valence-corrected chi connectivity index (χ1v) is 14.4. The van der Waals surface area contributed by atoms with Crippen LogP contribution in [-0.4, -0.2) is 53.6 Å². The van der Waals surface area contributed by atoms with Crippen LogP contribution < -0.4 is 9.47 Å². The molecule has 0 aliphatic carbocycles. The number of hydrogen-bond donors (Lipinski definition) is 0. The molecule has 0 unspecified atom stereocenters. The molecule has 0 atom stereocenters. The van der Waals surface area contributed by atoms with E-state index in [1.54, 1.807) is 35.2 Å². The summed E-state index contributed by atoms with van der Waals surface area (Å²) in [4.78, 5) is 41.3. The van der Waals surface area contributed by atoms with E-state index < -0.39 is 11.1 Å². The fraction of sp³-hybridized carbons (Fsp3) is 0.346. The summed E-state index contributed by atoms with van der Waals surface area (Å²) in [6, 6.07) is 8.76. The average molecular weight is 675 g/mol. The highest BCUT2D eigenvalue weighted by Crippen LogP contribution is 2.38. The average Bonchev–Trinajstić information content (AvgIpc) is 3.04. The fourth-order valence-electron chi connectivity index (χ4n) is 4.09. The van der Waals surface area contributed by atoms with Gasteiger partial charge in [-0.05, 0) is 83.1 Å². The van der Waals surface area contributed by atoms with Crippen molar-refractivity contribution in [1.29, 1.82) is 0 Å². The lowest BCUT2D eigenvalue weighted by Gasteiger charge is -2.22. The molecule has 2 aromatic carbocycles. The highest BCUT2D eigenvalue weighted by atomic mass is 127. The minimum absolute atomic E-state index is 0.191. The lowest BCUT2D eigenvalue weighted by Crippen LogP contribution is -2.42. The van der Waals surface area contributed by atoms with Gasteiger partial charge in [-0.25, -0.2) is 0 Å². The number of carbonyl (C=O) groups excluding carboxylic acids is 3. The molecule has 2 heterocycles. The lowest BCUT2D eigenvalue weighted by atomic mass is 10.1. The topological polar surface area (TPSA) is 76.2 Å². The van der Waals surface area contributed by atoms with E-state index >= 15 is 0 Å². The van der Waals surface area contributed by atoms with Crippen molar-refractivity contribution in [3.8, 4) is 11.5 Å². The van der Waals surface area contributed by atoms with Crippen molar-refractivity contribution >= 4 is 80.7 Å². The zero-order valence-corrected chi connectivity index (χ0v) is 24.6. The Morgan fingerprint density at radius 2 is 1.84 bits per heavy atom. The smallest absolute Gasteiger partial charge is 0.294 e. The lowest BCUT2D eigenvalue weighted by molar-refractivity contribution is -0.135. The van der Waals surface area contributed by atoms with Crippen LogP contribution in [0.25, 0.3) is 6.08 Å². The van der Waals surface area contributed by atoms with E-state index in [9.17, 15) is 14.4 Å². The van der Waals surface area contributed by atoms with Crippen LogP contribution in [0.5, 0.6) is 11.5 Å². The molecule has 11 heteroatoms. The molecule has 0 radical (unpaired) electrons. The molecule has 37 heavy (non-hydrogen) atoms. The van der Waals surface area contributed by atoms with Crippen molar-refractivity contribution in [2.24, 2.45) is 0 Å². The third-order valence-corrected chi connectivity index (χ3v) is 8.36. The van der Waals surface area contributed by atoms with E-state index in [2.05, 4.69) is 22.6 Å². The van der Waals surface area contributed by atoms with Crippen molar-refractivity contribution in [3.05, 3.63) is 60.0 Å². The van der Waals surface area contributed by atoms with Crippen LogP contribution in [0.3, 0.4) is 0 Å². The Morgan fingerprint density at radius 3 is 2.51 bits per heavy atom. The Hall–Kier alpha value is -1.95. The highest BCUT2D eigenvalue weighted by Gasteiger charge is 2.37. The summed E-state index contributed by atoms with van der Waals surface area (Å²) in [6.45, 7) is 1.32. The van der Waals surface area contributed by atoms with Gasteiger partial charge < -0.3 is 14.4 Å². The number of methoxy groups -OCH3 is 1. The number of imide groups is 1. The number of hydrogen-bond acceptors (Lipinski definition) is 6. The maximum atomic E-state index is 13.0. The van der Waals surface area contributed by atoms with Crippen LogP contribution in [0.4, 0.5) is 4.79 Å². The van der Waals surface area contributed by atoms with Gasteiger partial charge in [-0.3, -0.25) is 19.3 Å². The molecule has 2 aromatic rings. The molecular formula is C26H25Cl2IN2O5S. The molecule has 0 N–H and O–H groups in total. The predicted molar refractivity (Wildman–Crippen MR) is 154 cm³/mol. The van der Waals surface area contributed by atoms with Crippen molar-refractivity contribution in [2.75, 3.05) is 26.7 Å². The number of thioether (sulfide) groups is 1. The molecule has 2 aliphatic heterocycles. The maximum Gasteiger partial charge on any atom is 0.294 e. The molecule has 7 nitrogen and oxygen atoms in total. The monoisotopic (exact) mass is 674 g/mol. The van der Waals surface area contributed by atoms with Gasteiger partial charge in [-0.1, -0.05) is 42.1 Å². The van der Waals surface area contributed by atoms with Gasteiger partial charge >= 0.3 is 0 Å². The van der Waals surface area contributed by atoms with Crippen molar-refractivity contribution in [1.82, 2.24) is 9.80 Å². The summed E-state index contributed by atoms with van der Waals surface area (Å²) < 4.78 is 12.3. The number of ether oxygens (including phenoxy) is 2. The van der Waals surface area contributed by atoms with E-state index in [1.165, 1.54) is 7.11 Å². The van der Waals surface area contributed by atoms with Gasteiger partial charge in [0.25, 0.3) is 11.1 Å². The number of nitrogens with zero attached hydrogens (tertiary/aromatic N) is 2. The van der Waals surface area contributed by atoms with Crippen LogP contribution >= 0.6 is 57.6 Å². The molecule has 2 aliphatic rings. The fourth-order valence-corrected chi connectivity index (χ4v) is 6.18. The van der Waals surface area contributed by atoms with Crippen LogP contribution in [0.1, 0.15) is 36.8 Å². The standard InChI is InChI=1S/C26H25Cl2IN2O5S/c1-35-21-11-16(10-20(29)24(21)36-15-17-6-7-18(27)13-19(17)28)12-22-25(33)31(26(34)37-22)14-23(32)30-8-4-2-3-5-9-30/h6-7,10-13H,2-5,8-9,14-15H2,1H3. The molecule has 3 amide bonds. The van der Waals surface area contributed by atoms with Crippen LogP contribution in [0.15, 0.2) is 35.2 Å². The van der Waals surface area contributed by atoms with E-state index in [1.807, 2.05) is 6.07 Å². The molecular weight excluding hydrogens is 650 g/mol. The molecule has 2 fully saturated rings. The SMILES string of the molecule is COc1cc(C=C2SC(=O)N(CC(=O)N3CCCCCC3)C2=O)cc(I)c1OCc1ccc(Cl)cc1Cl. The van der Waals surface area contributed by atoms with Crippen molar-refractivity contribution < 1.29 is 23.9 Å². The highest BCUT2D eigenvalue weighted by molar-refractivity contribution is 14.1. The largest absolute Gasteiger partial charge is 0.493 e. The van der Waals surface area contributed by atoms with E-state index in [0.29, 0.717) is 40.2 Å². The molecule has 4 rings (SSSR count). The second-order valence-corrected chi connectivity index (χ2v) is 11.6. The van der Waals surface area contributed by atoms with Crippen LogP contribution in [0.2, 0.25) is 10.0 Å². The van der Waals surface area contributed by atoms with Gasteiger partial charge in [0.05, 0.1) is 15.6 Å². The molecule has 196 valence electrons. The van der Waals surface area contributed by atoms with E-state index in [0.717, 1.165) is 51.5 Å². The maximum absolute atomic E-state index is 13.0. The van der Waals surface area contributed by atoms with Gasteiger partial charge in [0.1, 0.15) is 13.2 Å². The summed E-state index contributed by atoms with van der Waals surface area (Å²) >= 11 is 15.2. The Bertz CT molecular complexity index is 1250. The zero-order chi connectivity index (χ0) is 26.5. The summed E-state index contributed by atoms with van der Waals surface area (Å²) in [5, 5.41) is 0.602.